The lowest BCUT2D eigenvalue weighted by molar-refractivity contribution is -0.142. The Hall–Kier alpha value is -2.01. The average molecular weight is 326 g/mol. The minimum Gasteiger partial charge on any atom is -0.480 e. The number of carboxylic acid groups (broad SMARTS) is 1. The maximum absolute atomic E-state index is 12.1. The second-order valence-electron chi connectivity index (χ2n) is 4.90. The Balaban J connectivity index is 2.71. The van der Waals surface area contributed by atoms with Gasteiger partial charge in [-0.15, -0.1) is 0 Å². The molecule has 0 bridgehead atoms. The van der Waals surface area contributed by atoms with E-state index in [9.17, 15) is 9.59 Å². The predicted molar refractivity (Wildman–Crippen MR) is 85.3 cm³/mol. The number of aliphatic carboxylic acids is 1. The van der Waals surface area contributed by atoms with Crippen molar-refractivity contribution in [2.24, 2.45) is 0 Å². The third-order valence-electron chi connectivity index (χ3n) is 2.98. The molecule has 2 N–H and O–H groups in total. The van der Waals surface area contributed by atoms with Gasteiger partial charge >= 0.3 is 5.97 Å². The lowest BCUT2D eigenvalue weighted by Gasteiger charge is -2.19. The highest BCUT2D eigenvalue weighted by atomic mass is 35.5. The van der Waals surface area contributed by atoms with E-state index >= 15 is 0 Å². The molecule has 0 heterocycles. The molecule has 0 aliphatic carbocycles. The molecule has 0 fully saturated rings. The van der Waals surface area contributed by atoms with Crippen LogP contribution in [0.15, 0.2) is 30.4 Å². The molecule has 0 saturated heterocycles. The Bertz CT molecular complexity index is 571. The first-order chi connectivity index (χ1) is 10.3. The molecule has 22 heavy (non-hydrogen) atoms. The maximum atomic E-state index is 12.1. The zero-order valence-corrected chi connectivity index (χ0v) is 13.6. The maximum Gasteiger partial charge on any atom is 0.326 e. The molecular formula is C16H20ClNO4. The monoisotopic (exact) mass is 325 g/mol. The summed E-state index contributed by atoms with van der Waals surface area (Å²) in [6.07, 6.45) is 2.78. The number of aryl methyl sites for hydroxylation is 1. The van der Waals surface area contributed by atoms with Gasteiger partial charge in [-0.2, -0.15) is 0 Å². The van der Waals surface area contributed by atoms with Crippen LogP contribution in [-0.4, -0.2) is 29.1 Å². The summed E-state index contributed by atoms with van der Waals surface area (Å²) in [5.74, 6) is -1.20. The van der Waals surface area contributed by atoms with Crippen molar-refractivity contribution >= 4 is 23.5 Å². The number of amides is 1. The van der Waals surface area contributed by atoms with Gasteiger partial charge in [0.05, 0.1) is 5.02 Å². The molecule has 5 nitrogen and oxygen atoms in total. The molecule has 0 aromatic heterocycles. The largest absolute Gasteiger partial charge is 0.480 e. The summed E-state index contributed by atoms with van der Waals surface area (Å²) in [7, 11) is 0. The fourth-order valence-corrected chi connectivity index (χ4v) is 1.89. The molecule has 0 radical (unpaired) electrons. The third kappa shape index (κ3) is 5.41. The van der Waals surface area contributed by atoms with Crippen molar-refractivity contribution in [3.63, 3.8) is 0 Å². The number of allylic oxidation sites excluding steroid dienone is 1. The second-order valence-corrected chi connectivity index (χ2v) is 5.31. The smallest absolute Gasteiger partial charge is 0.326 e. The summed E-state index contributed by atoms with van der Waals surface area (Å²) in [4.78, 5) is 23.2. The predicted octanol–water partition coefficient (Wildman–Crippen LogP) is 2.95. The summed E-state index contributed by atoms with van der Waals surface area (Å²) >= 11 is 6.01. The quantitative estimate of drug-likeness (QED) is 0.756. The van der Waals surface area contributed by atoms with Gasteiger partial charge in [0.2, 0.25) is 0 Å². The molecule has 1 amide bonds. The van der Waals surface area contributed by atoms with E-state index in [-0.39, 0.29) is 6.42 Å². The van der Waals surface area contributed by atoms with Crippen molar-refractivity contribution in [3.8, 4) is 5.75 Å². The number of hydrogen-bond acceptors (Lipinski definition) is 3. The SMILES string of the molecule is C/C=C/CC(NC(=O)C(C)Oc1cc(C)ccc1Cl)C(=O)O. The van der Waals surface area contributed by atoms with Crippen molar-refractivity contribution < 1.29 is 19.4 Å². The van der Waals surface area contributed by atoms with Crippen LogP contribution in [0.3, 0.4) is 0 Å². The summed E-state index contributed by atoms with van der Waals surface area (Å²) < 4.78 is 5.52. The van der Waals surface area contributed by atoms with Crippen LogP contribution in [-0.2, 0) is 9.59 Å². The van der Waals surface area contributed by atoms with E-state index in [4.69, 9.17) is 21.4 Å². The van der Waals surface area contributed by atoms with Gasteiger partial charge in [-0.3, -0.25) is 4.79 Å². The van der Waals surface area contributed by atoms with Crippen LogP contribution in [0.5, 0.6) is 5.75 Å². The Morgan fingerprint density at radius 3 is 2.73 bits per heavy atom. The van der Waals surface area contributed by atoms with Crippen molar-refractivity contribution in [3.05, 3.63) is 40.9 Å². The standard InChI is InChI=1S/C16H20ClNO4/c1-4-5-6-13(16(20)21)18-15(19)11(3)22-14-9-10(2)7-8-12(14)17/h4-5,7-9,11,13H,6H2,1-3H3,(H,18,19)(H,20,21)/b5-4+. The van der Waals surface area contributed by atoms with Crippen LogP contribution >= 0.6 is 11.6 Å². The van der Waals surface area contributed by atoms with Crippen LogP contribution in [0.1, 0.15) is 25.8 Å². The molecule has 120 valence electrons. The Morgan fingerprint density at radius 1 is 1.45 bits per heavy atom. The number of carbonyl (C=O) groups is 2. The van der Waals surface area contributed by atoms with Gasteiger partial charge in [-0.25, -0.2) is 4.79 Å². The highest BCUT2D eigenvalue weighted by molar-refractivity contribution is 6.32. The van der Waals surface area contributed by atoms with E-state index in [1.54, 1.807) is 38.1 Å². The fourth-order valence-electron chi connectivity index (χ4n) is 1.73. The van der Waals surface area contributed by atoms with E-state index in [1.165, 1.54) is 0 Å². The van der Waals surface area contributed by atoms with Gasteiger partial charge in [0.15, 0.2) is 6.10 Å². The van der Waals surface area contributed by atoms with Crippen LogP contribution in [0.2, 0.25) is 5.02 Å². The van der Waals surface area contributed by atoms with Crippen LogP contribution in [0.25, 0.3) is 0 Å². The first kappa shape index (κ1) is 18.0. The number of carboxylic acids is 1. The van der Waals surface area contributed by atoms with E-state index in [2.05, 4.69) is 5.32 Å². The molecule has 0 aliphatic rings. The van der Waals surface area contributed by atoms with Crippen molar-refractivity contribution in [1.82, 2.24) is 5.32 Å². The summed E-state index contributed by atoms with van der Waals surface area (Å²) in [5.41, 5.74) is 0.948. The number of nitrogens with one attached hydrogen (secondary N) is 1. The van der Waals surface area contributed by atoms with Crippen molar-refractivity contribution in [1.29, 1.82) is 0 Å². The molecule has 0 spiro atoms. The van der Waals surface area contributed by atoms with Crippen LogP contribution in [0, 0.1) is 6.92 Å². The van der Waals surface area contributed by atoms with Crippen molar-refractivity contribution in [2.45, 2.75) is 39.3 Å². The molecule has 2 atom stereocenters. The number of ether oxygens (including phenoxy) is 1. The van der Waals surface area contributed by atoms with Gasteiger partial charge < -0.3 is 15.2 Å². The lowest BCUT2D eigenvalue weighted by atomic mass is 10.2. The third-order valence-corrected chi connectivity index (χ3v) is 3.29. The van der Waals surface area contributed by atoms with E-state index in [0.717, 1.165) is 5.56 Å². The molecule has 0 aliphatic heterocycles. The first-order valence-corrected chi connectivity index (χ1v) is 7.30. The first-order valence-electron chi connectivity index (χ1n) is 6.92. The molecule has 2 unspecified atom stereocenters. The average Bonchev–Trinajstić information content (AvgIpc) is 2.46. The van der Waals surface area contributed by atoms with Crippen LogP contribution in [0.4, 0.5) is 0 Å². The number of hydrogen-bond donors (Lipinski definition) is 2. The van der Waals surface area contributed by atoms with Crippen molar-refractivity contribution in [2.75, 3.05) is 0 Å². The number of halogens is 1. The minimum absolute atomic E-state index is 0.218. The molecule has 6 heteroatoms. The summed E-state index contributed by atoms with van der Waals surface area (Å²) in [6, 6.07) is 4.25. The number of carbonyl (C=O) groups excluding carboxylic acids is 1. The Kier molecular flexibility index (Phi) is 6.92. The van der Waals surface area contributed by atoms with Gasteiger partial charge in [0.25, 0.3) is 5.91 Å². The van der Waals surface area contributed by atoms with E-state index < -0.39 is 24.0 Å². The molecule has 0 saturated carbocycles. The zero-order valence-electron chi connectivity index (χ0n) is 12.8. The summed E-state index contributed by atoms with van der Waals surface area (Å²) in [5, 5.41) is 11.9. The lowest BCUT2D eigenvalue weighted by Crippen LogP contribution is -2.46. The topological polar surface area (TPSA) is 75.6 Å². The van der Waals surface area contributed by atoms with E-state index in [1.807, 2.05) is 13.0 Å². The highest BCUT2D eigenvalue weighted by Crippen LogP contribution is 2.26. The Labute approximate surface area is 134 Å². The number of rotatable bonds is 7. The molecule has 1 rings (SSSR count). The highest BCUT2D eigenvalue weighted by Gasteiger charge is 2.23. The molecular weight excluding hydrogens is 306 g/mol. The minimum atomic E-state index is -1.09. The summed E-state index contributed by atoms with van der Waals surface area (Å²) in [6.45, 7) is 5.21. The van der Waals surface area contributed by atoms with Gasteiger partial charge in [0, 0.05) is 0 Å². The van der Waals surface area contributed by atoms with Crippen LogP contribution < -0.4 is 10.1 Å². The van der Waals surface area contributed by atoms with E-state index in [0.29, 0.717) is 10.8 Å². The number of benzene rings is 1. The van der Waals surface area contributed by atoms with Gasteiger partial charge in [-0.05, 0) is 44.9 Å². The van der Waals surface area contributed by atoms with Gasteiger partial charge in [0.1, 0.15) is 11.8 Å². The second kappa shape index (κ2) is 8.44. The molecule has 1 aromatic rings. The zero-order chi connectivity index (χ0) is 16.7. The fraction of sp³-hybridized carbons (Fsp3) is 0.375. The van der Waals surface area contributed by atoms with Gasteiger partial charge in [-0.1, -0.05) is 29.8 Å². The Morgan fingerprint density at radius 2 is 2.14 bits per heavy atom. The molecule has 1 aromatic carbocycles. The normalized spacial score (nSPS) is 13.6.